The fourth-order valence-electron chi connectivity index (χ4n) is 2.20. The summed E-state index contributed by atoms with van der Waals surface area (Å²) in [5, 5.41) is 0.653. The number of pyridine rings is 2. The van der Waals surface area contributed by atoms with Gasteiger partial charge in [0, 0.05) is 30.3 Å². The van der Waals surface area contributed by atoms with Crippen LogP contribution in [0.1, 0.15) is 11.3 Å². The third-order valence-electron chi connectivity index (χ3n) is 3.09. The first-order chi connectivity index (χ1) is 9.52. The first-order valence-electron chi connectivity index (χ1n) is 6.12. The van der Waals surface area contributed by atoms with Gasteiger partial charge in [-0.1, -0.05) is 11.6 Å². The number of hydrogen-bond acceptors (Lipinski definition) is 3. The molecule has 3 aromatic rings. The molecule has 6 heteroatoms. The van der Waals surface area contributed by atoms with Gasteiger partial charge in [0.1, 0.15) is 5.65 Å². The van der Waals surface area contributed by atoms with E-state index in [0.717, 1.165) is 16.9 Å². The number of hydrogen-bond donors (Lipinski definition) is 1. The average molecular weight is 289 g/mol. The molecule has 0 unspecified atom stereocenters. The summed E-state index contributed by atoms with van der Waals surface area (Å²) in [6.07, 6.45) is 5.28. The standard InChI is InChI=1S/C14H13ClN4O/c1-9-4-10(15)5-19-8-12(17-14(9)19)7-18-6-11(16)2-3-13(18)20/h2-6,8H,7,16H2,1H3. The first kappa shape index (κ1) is 12.7. The molecule has 5 nitrogen and oxygen atoms in total. The minimum absolute atomic E-state index is 0.106. The number of fused-ring (bicyclic) bond motifs is 1. The van der Waals surface area contributed by atoms with Gasteiger partial charge < -0.3 is 14.7 Å². The van der Waals surface area contributed by atoms with Gasteiger partial charge in [-0.3, -0.25) is 4.79 Å². The molecule has 0 aromatic carbocycles. The van der Waals surface area contributed by atoms with Crippen LogP contribution in [0.4, 0.5) is 5.69 Å². The van der Waals surface area contributed by atoms with Crippen LogP contribution in [0.25, 0.3) is 5.65 Å². The average Bonchev–Trinajstić information content (AvgIpc) is 2.76. The Hall–Kier alpha value is -2.27. The molecule has 0 fully saturated rings. The molecule has 0 radical (unpaired) electrons. The van der Waals surface area contributed by atoms with Crippen molar-refractivity contribution in [3.05, 3.63) is 63.4 Å². The van der Waals surface area contributed by atoms with E-state index in [1.165, 1.54) is 10.6 Å². The third-order valence-corrected chi connectivity index (χ3v) is 3.30. The third kappa shape index (κ3) is 2.28. The van der Waals surface area contributed by atoms with E-state index in [1.807, 2.05) is 23.6 Å². The van der Waals surface area contributed by atoms with Crippen molar-refractivity contribution in [2.45, 2.75) is 13.5 Å². The maximum atomic E-state index is 11.8. The molecule has 0 spiro atoms. The summed E-state index contributed by atoms with van der Waals surface area (Å²) >= 11 is 6.02. The Balaban J connectivity index is 2.05. The smallest absolute Gasteiger partial charge is 0.251 e. The summed E-state index contributed by atoms with van der Waals surface area (Å²) in [5.41, 5.74) is 8.75. The van der Waals surface area contributed by atoms with Crippen molar-refractivity contribution in [1.82, 2.24) is 14.0 Å². The Labute approximate surface area is 120 Å². The lowest BCUT2D eigenvalue weighted by Crippen LogP contribution is -2.19. The van der Waals surface area contributed by atoms with Gasteiger partial charge in [0.15, 0.2) is 0 Å². The predicted molar refractivity (Wildman–Crippen MR) is 79.2 cm³/mol. The van der Waals surface area contributed by atoms with Crippen LogP contribution in [0.15, 0.2) is 41.6 Å². The van der Waals surface area contributed by atoms with Crippen molar-refractivity contribution < 1.29 is 0 Å². The highest BCUT2D eigenvalue weighted by Crippen LogP contribution is 2.17. The molecular formula is C14H13ClN4O. The quantitative estimate of drug-likeness (QED) is 0.785. The predicted octanol–water partition coefficient (Wildman–Crippen LogP) is 2.09. The van der Waals surface area contributed by atoms with E-state index in [2.05, 4.69) is 4.98 Å². The van der Waals surface area contributed by atoms with Gasteiger partial charge in [-0.25, -0.2) is 4.98 Å². The number of aryl methyl sites for hydroxylation is 1. The van der Waals surface area contributed by atoms with E-state index in [-0.39, 0.29) is 5.56 Å². The van der Waals surface area contributed by atoms with E-state index < -0.39 is 0 Å². The first-order valence-corrected chi connectivity index (χ1v) is 6.50. The van der Waals surface area contributed by atoms with E-state index in [9.17, 15) is 4.79 Å². The van der Waals surface area contributed by atoms with Gasteiger partial charge in [-0.15, -0.1) is 0 Å². The fraction of sp³-hybridized carbons (Fsp3) is 0.143. The minimum atomic E-state index is -0.106. The van der Waals surface area contributed by atoms with Crippen LogP contribution in [0.5, 0.6) is 0 Å². The van der Waals surface area contributed by atoms with Gasteiger partial charge in [-0.05, 0) is 24.6 Å². The Bertz CT molecular complexity index is 850. The molecule has 0 saturated carbocycles. The monoisotopic (exact) mass is 288 g/mol. The fourth-order valence-corrected chi connectivity index (χ4v) is 2.47. The largest absolute Gasteiger partial charge is 0.398 e. The number of anilines is 1. The summed E-state index contributed by atoms with van der Waals surface area (Å²) in [6.45, 7) is 2.33. The van der Waals surface area contributed by atoms with Crippen molar-refractivity contribution >= 4 is 22.9 Å². The molecule has 0 aliphatic heterocycles. The molecule has 0 saturated heterocycles. The van der Waals surface area contributed by atoms with Gasteiger partial charge in [-0.2, -0.15) is 0 Å². The van der Waals surface area contributed by atoms with Crippen LogP contribution in [-0.2, 0) is 6.54 Å². The highest BCUT2D eigenvalue weighted by molar-refractivity contribution is 6.30. The Morgan fingerprint density at radius 1 is 1.30 bits per heavy atom. The highest BCUT2D eigenvalue weighted by Gasteiger charge is 2.07. The van der Waals surface area contributed by atoms with Crippen molar-refractivity contribution in [1.29, 1.82) is 0 Å². The second-order valence-corrected chi connectivity index (χ2v) is 5.17. The second kappa shape index (κ2) is 4.68. The number of rotatable bonds is 2. The molecule has 102 valence electrons. The number of nitrogens with zero attached hydrogens (tertiary/aromatic N) is 3. The lowest BCUT2D eigenvalue weighted by atomic mass is 10.3. The zero-order chi connectivity index (χ0) is 14.3. The Kier molecular flexibility index (Phi) is 2.99. The molecule has 20 heavy (non-hydrogen) atoms. The molecule has 0 aliphatic rings. The maximum absolute atomic E-state index is 11.8. The SMILES string of the molecule is Cc1cc(Cl)cn2cc(Cn3cc(N)ccc3=O)nc12. The van der Waals surface area contributed by atoms with E-state index >= 15 is 0 Å². The molecule has 0 bridgehead atoms. The minimum Gasteiger partial charge on any atom is -0.398 e. The maximum Gasteiger partial charge on any atom is 0.251 e. The highest BCUT2D eigenvalue weighted by atomic mass is 35.5. The van der Waals surface area contributed by atoms with Gasteiger partial charge >= 0.3 is 0 Å². The van der Waals surface area contributed by atoms with E-state index in [1.54, 1.807) is 18.5 Å². The summed E-state index contributed by atoms with van der Waals surface area (Å²) in [7, 11) is 0. The molecule has 3 heterocycles. The zero-order valence-electron chi connectivity index (χ0n) is 10.9. The molecule has 0 aliphatic carbocycles. The van der Waals surface area contributed by atoms with E-state index in [4.69, 9.17) is 17.3 Å². The van der Waals surface area contributed by atoms with E-state index in [0.29, 0.717) is 17.3 Å². The Morgan fingerprint density at radius 3 is 2.90 bits per heavy atom. The van der Waals surface area contributed by atoms with Crippen LogP contribution in [0.2, 0.25) is 5.02 Å². The molecule has 2 N–H and O–H groups in total. The van der Waals surface area contributed by atoms with Crippen LogP contribution < -0.4 is 11.3 Å². The number of imidazole rings is 1. The number of nitrogens with two attached hydrogens (primary N) is 1. The zero-order valence-corrected chi connectivity index (χ0v) is 11.6. The van der Waals surface area contributed by atoms with Crippen molar-refractivity contribution in [3.63, 3.8) is 0 Å². The second-order valence-electron chi connectivity index (χ2n) is 4.73. The number of nitrogen functional groups attached to an aromatic ring is 1. The van der Waals surface area contributed by atoms with Crippen LogP contribution in [0, 0.1) is 6.92 Å². The lowest BCUT2D eigenvalue weighted by molar-refractivity contribution is 0.746. The van der Waals surface area contributed by atoms with Crippen molar-refractivity contribution in [2.75, 3.05) is 5.73 Å². The van der Waals surface area contributed by atoms with Gasteiger partial charge in [0.2, 0.25) is 0 Å². The van der Waals surface area contributed by atoms with Crippen molar-refractivity contribution in [3.8, 4) is 0 Å². The summed E-state index contributed by atoms with van der Waals surface area (Å²) < 4.78 is 3.40. The molecule has 0 amide bonds. The lowest BCUT2D eigenvalue weighted by Gasteiger charge is -2.03. The number of aromatic nitrogens is 3. The summed E-state index contributed by atoms with van der Waals surface area (Å²) in [5.74, 6) is 0. The molecule has 0 atom stereocenters. The van der Waals surface area contributed by atoms with Crippen LogP contribution in [0.3, 0.4) is 0 Å². The molecule has 3 rings (SSSR count). The molecule has 3 aromatic heterocycles. The van der Waals surface area contributed by atoms with Crippen LogP contribution in [-0.4, -0.2) is 14.0 Å². The number of halogens is 1. The van der Waals surface area contributed by atoms with Gasteiger partial charge in [0.05, 0.1) is 17.3 Å². The van der Waals surface area contributed by atoms with Crippen LogP contribution >= 0.6 is 11.6 Å². The van der Waals surface area contributed by atoms with Gasteiger partial charge in [0.25, 0.3) is 5.56 Å². The topological polar surface area (TPSA) is 65.3 Å². The summed E-state index contributed by atoms with van der Waals surface area (Å²) in [4.78, 5) is 16.3. The Morgan fingerprint density at radius 2 is 2.10 bits per heavy atom. The summed E-state index contributed by atoms with van der Waals surface area (Å²) in [6, 6.07) is 4.90. The normalized spacial score (nSPS) is 11.1. The van der Waals surface area contributed by atoms with Crippen molar-refractivity contribution in [2.24, 2.45) is 0 Å². The molecular weight excluding hydrogens is 276 g/mol.